The number of hydrogen-bond acceptors (Lipinski definition) is 4. The molecule has 16 heavy (non-hydrogen) atoms. The van der Waals surface area contributed by atoms with Gasteiger partial charge in [-0.2, -0.15) is 0 Å². The van der Waals surface area contributed by atoms with E-state index in [9.17, 15) is 4.79 Å². The Labute approximate surface area is 99.3 Å². The maximum atomic E-state index is 12.0. The average molecular weight is 239 g/mol. The second-order valence-corrected chi connectivity index (χ2v) is 5.22. The van der Waals surface area contributed by atoms with Crippen LogP contribution in [0, 0.1) is 5.41 Å². The third kappa shape index (κ3) is 2.10. The standard InChI is InChI=1S/C11H17N3OS/c1-2-8(9-13-5-6-16-9)14-10(15)11(7-12)3-4-11/h5-6,8H,2-4,7,12H2,1H3,(H,14,15). The molecule has 0 saturated heterocycles. The number of aromatic nitrogens is 1. The van der Waals surface area contributed by atoms with Crippen molar-refractivity contribution in [1.29, 1.82) is 0 Å². The maximum absolute atomic E-state index is 12.0. The highest BCUT2D eigenvalue weighted by Crippen LogP contribution is 2.45. The van der Waals surface area contributed by atoms with E-state index in [0.29, 0.717) is 6.54 Å². The fourth-order valence-electron chi connectivity index (χ4n) is 1.73. The molecule has 1 unspecified atom stereocenters. The van der Waals surface area contributed by atoms with Crippen molar-refractivity contribution >= 4 is 17.2 Å². The van der Waals surface area contributed by atoms with Crippen molar-refractivity contribution in [3.63, 3.8) is 0 Å². The lowest BCUT2D eigenvalue weighted by molar-refractivity contribution is -0.126. The lowest BCUT2D eigenvalue weighted by atomic mass is 10.1. The van der Waals surface area contributed by atoms with Gasteiger partial charge in [-0.3, -0.25) is 4.79 Å². The van der Waals surface area contributed by atoms with Gasteiger partial charge >= 0.3 is 0 Å². The number of hydrogen-bond donors (Lipinski definition) is 2. The van der Waals surface area contributed by atoms with Gasteiger partial charge in [0.05, 0.1) is 11.5 Å². The first-order valence-corrected chi connectivity index (χ1v) is 6.50. The lowest BCUT2D eigenvalue weighted by Gasteiger charge is -2.18. The van der Waals surface area contributed by atoms with Crippen LogP contribution in [-0.4, -0.2) is 17.4 Å². The number of carbonyl (C=O) groups excluding carboxylic acids is 1. The third-order valence-electron chi connectivity index (χ3n) is 3.19. The molecule has 2 rings (SSSR count). The van der Waals surface area contributed by atoms with Gasteiger partial charge in [0.1, 0.15) is 5.01 Å². The van der Waals surface area contributed by atoms with Crippen molar-refractivity contribution in [3.8, 4) is 0 Å². The summed E-state index contributed by atoms with van der Waals surface area (Å²) in [5.41, 5.74) is 5.36. The van der Waals surface area contributed by atoms with Crippen LogP contribution in [0.15, 0.2) is 11.6 Å². The summed E-state index contributed by atoms with van der Waals surface area (Å²) in [4.78, 5) is 16.2. The number of rotatable bonds is 5. The molecule has 0 bridgehead atoms. The summed E-state index contributed by atoms with van der Waals surface area (Å²) in [6.07, 6.45) is 4.47. The molecule has 0 aromatic carbocycles. The number of thiazole rings is 1. The highest BCUT2D eigenvalue weighted by molar-refractivity contribution is 7.09. The third-order valence-corrected chi connectivity index (χ3v) is 4.08. The molecule has 4 nitrogen and oxygen atoms in total. The van der Waals surface area contributed by atoms with Crippen molar-refractivity contribution in [2.75, 3.05) is 6.54 Å². The second kappa shape index (κ2) is 4.51. The zero-order chi connectivity index (χ0) is 11.6. The molecule has 0 aliphatic heterocycles. The van der Waals surface area contributed by atoms with Crippen molar-refractivity contribution in [3.05, 3.63) is 16.6 Å². The number of amides is 1. The monoisotopic (exact) mass is 239 g/mol. The fourth-order valence-corrected chi connectivity index (χ4v) is 2.50. The van der Waals surface area contributed by atoms with Gasteiger partial charge in [-0.05, 0) is 19.3 Å². The van der Waals surface area contributed by atoms with Crippen molar-refractivity contribution in [2.24, 2.45) is 11.1 Å². The summed E-state index contributed by atoms with van der Waals surface area (Å²) in [5, 5.41) is 5.96. The Bertz CT molecular complexity index is 359. The average Bonchev–Trinajstić information content (AvgIpc) is 2.93. The van der Waals surface area contributed by atoms with Gasteiger partial charge in [0.25, 0.3) is 0 Å². The first-order chi connectivity index (χ1) is 7.72. The SMILES string of the molecule is CCC(NC(=O)C1(CN)CC1)c1nccs1. The van der Waals surface area contributed by atoms with E-state index < -0.39 is 0 Å². The van der Waals surface area contributed by atoms with E-state index in [1.807, 2.05) is 12.3 Å². The molecular weight excluding hydrogens is 222 g/mol. The van der Waals surface area contributed by atoms with Crippen LogP contribution in [0.2, 0.25) is 0 Å². The summed E-state index contributed by atoms with van der Waals surface area (Å²) in [6.45, 7) is 2.50. The molecule has 1 amide bonds. The first-order valence-electron chi connectivity index (χ1n) is 5.62. The Hall–Kier alpha value is -0.940. The van der Waals surface area contributed by atoms with Crippen LogP contribution < -0.4 is 11.1 Å². The first kappa shape index (κ1) is 11.5. The van der Waals surface area contributed by atoms with E-state index in [-0.39, 0.29) is 17.4 Å². The molecule has 1 aromatic rings. The molecule has 1 fully saturated rings. The van der Waals surface area contributed by atoms with Crippen LogP contribution in [-0.2, 0) is 4.79 Å². The van der Waals surface area contributed by atoms with Crippen LogP contribution >= 0.6 is 11.3 Å². The minimum Gasteiger partial charge on any atom is -0.346 e. The minimum absolute atomic E-state index is 0.0384. The van der Waals surface area contributed by atoms with Crippen LogP contribution in [0.4, 0.5) is 0 Å². The summed E-state index contributed by atoms with van der Waals surface area (Å²) in [6, 6.07) is 0.0384. The van der Waals surface area contributed by atoms with E-state index in [0.717, 1.165) is 24.3 Å². The molecule has 1 atom stereocenters. The topological polar surface area (TPSA) is 68.0 Å². The van der Waals surface area contributed by atoms with Gasteiger partial charge in [-0.15, -0.1) is 11.3 Å². The molecule has 1 aromatic heterocycles. The van der Waals surface area contributed by atoms with Crippen molar-refractivity contribution in [1.82, 2.24) is 10.3 Å². The highest BCUT2D eigenvalue weighted by atomic mass is 32.1. The summed E-state index contributed by atoms with van der Waals surface area (Å²) in [5.74, 6) is 0.0945. The summed E-state index contributed by atoms with van der Waals surface area (Å²) in [7, 11) is 0. The fraction of sp³-hybridized carbons (Fsp3) is 0.636. The van der Waals surface area contributed by atoms with E-state index in [1.54, 1.807) is 17.5 Å². The summed E-state index contributed by atoms with van der Waals surface area (Å²) < 4.78 is 0. The van der Waals surface area contributed by atoms with Gasteiger partial charge in [0, 0.05) is 18.1 Å². The molecule has 3 N–H and O–H groups in total. The van der Waals surface area contributed by atoms with E-state index >= 15 is 0 Å². The highest BCUT2D eigenvalue weighted by Gasteiger charge is 2.48. The summed E-state index contributed by atoms with van der Waals surface area (Å²) >= 11 is 1.58. The predicted octanol–water partition coefficient (Wildman–Crippen LogP) is 1.45. The van der Waals surface area contributed by atoms with Crippen LogP contribution in [0.5, 0.6) is 0 Å². The number of nitrogens with two attached hydrogens (primary N) is 1. The molecular formula is C11H17N3OS. The zero-order valence-corrected chi connectivity index (χ0v) is 10.2. The van der Waals surface area contributed by atoms with Crippen molar-refractivity contribution < 1.29 is 4.79 Å². The van der Waals surface area contributed by atoms with E-state index in [2.05, 4.69) is 10.3 Å². The molecule has 0 radical (unpaired) electrons. The van der Waals surface area contributed by atoms with E-state index in [1.165, 1.54) is 0 Å². The quantitative estimate of drug-likeness (QED) is 0.817. The van der Waals surface area contributed by atoms with Crippen molar-refractivity contribution in [2.45, 2.75) is 32.2 Å². The second-order valence-electron chi connectivity index (χ2n) is 4.29. The Morgan fingerprint density at radius 3 is 2.94 bits per heavy atom. The largest absolute Gasteiger partial charge is 0.346 e. The van der Waals surface area contributed by atoms with Gasteiger partial charge in [0.15, 0.2) is 0 Å². The minimum atomic E-state index is -0.273. The number of nitrogens with zero attached hydrogens (tertiary/aromatic N) is 1. The van der Waals surface area contributed by atoms with Gasteiger partial charge < -0.3 is 11.1 Å². The van der Waals surface area contributed by atoms with Crippen LogP contribution in [0.1, 0.15) is 37.2 Å². The maximum Gasteiger partial charge on any atom is 0.228 e. The molecule has 0 spiro atoms. The Morgan fingerprint density at radius 1 is 1.75 bits per heavy atom. The number of carbonyl (C=O) groups is 1. The Kier molecular flexibility index (Phi) is 3.25. The molecule has 5 heteroatoms. The molecule has 88 valence electrons. The van der Waals surface area contributed by atoms with Crippen LogP contribution in [0.3, 0.4) is 0 Å². The number of nitrogens with one attached hydrogen (secondary N) is 1. The normalized spacial score (nSPS) is 19.1. The van der Waals surface area contributed by atoms with Crippen LogP contribution in [0.25, 0.3) is 0 Å². The molecule has 1 saturated carbocycles. The zero-order valence-electron chi connectivity index (χ0n) is 9.40. The lowest BCUT2D eigenvalue weighted by Crippen LogP contribution is -2.38. The molecule has 1 heterocycles. The molecule has 1 aliphatic rings. The predicted molar refractivity (Wildman–Crippen MR) is 64.0 cm³/mol. The van der Waals surface area contributed by atoms with Gasteiger partial charge in [-0.1, -0.05) is 6.92 Å². The Balaban J connectivity index is 2.00. The van der Waals surface area contributed by atoms with Gasteiger partial charge in [-0.25, -0.2) is 4.98 Å². The smallest absolute Gasteiger partial charge is 0.228 e. The van der Waals surface area contributed by atoms with E-state index in [4.69, 9.17) is 5.73 Å². The Morgan fingerprint density at radius 2 is 2.50 bits per heavy atom. The van der Waals surface area contributed by atoms with Gasteiger partial charge in [0.2, 0.25) is 5.91 Å². The molecule has 1 aliphatic carbocycles.